The Morgan fingerprint density at radius 1 is 0.867 bits per heavy atom. The summed E-state index contributed by atoms with van der Waals surface area (Å²) in [7, 11) is 1.10. The normalized spacial score (nSPS) is 10.1. The van der Waals surface area contributed by atoms with Crippen LogP contribution in [0.15, 0.2) is 54.6 Å². The van der Waals surface area contributed by atoms with Crippen molar-refractivity contribution in [2.24, 2.45) is 0 Å². The fraction of sp³-hybridized carbons (Fsp3) is 0.0769. The minimum absolute atomic E-state index is 0.640. The van der Waals surface area contributed by atoms with Crippen LogP contribution in [0.2, 0.25) is 0 Å². The molecule has 0 aromatic heterocycles. The highest BCUT2D eigenvalue weighted by Crippen LogP contribution is 2.10. The molecule has 0 heterocycles. The Hall–Kier alpha value is -1.54. The standard InChI is InChI=1S/C13H14OSi/c15-13-8-6-12(7-9-13)14-10-11-4-2-1-3-5-11/h1-9H,10H2,15H3. The van der Waals surface area contributed by atoms with Crippen LogP contribution in [-0.2, 0) is 6.61 Å². The molecule has 2 aromatic carbocycles. The second kappa shape index (κ2) is 4.80. The molecular formula is C13H14OSi. The zero-order chi connectivity index (χ0) is 10.5. The lowest BCUT2D eigenvalue weighted by atomic mass is 10.2. The molecule has 2 aromatic rings. The molecule has 0 saturated carbocycles. The lowest BCUT2D eigenvalue weighted by molar-refractivity contribution is 0.306. The van der Waals surface area contributed by atoms with Crippen LogP contribution in [0, 0.1) is 0 Å². The van der Waals surface area contributed by atoms with E-state index >= 15 is 0 Å². The van der Waals surface area contributed by atoms with Crippen LogP contribution in [0.4, 0.5) is 0 Å². The second-order valence-electron chi connectivity index (χ2n) is 3.59. The molecule has 15 heavy (non-hydrogen) atoms. The third-order valence-corrected chi connectivity index (χ3v) is 2.94. The molecule has 0 saturated heterocycles. The van der Waals surface area contributed by atoms with E-state index in [4.69, 9.17) is 4.74 Å². The highest BCUT2D eigenvalue weighted by molar-refractivity contribution is 6.32. The van der Waals surface area contributed by atoms with Gasteiger partial charge in [0, 0.05) is 10.2 Å². The second-order valence-corrected chi connectivity index (χ2v) is 4.74. The van der Waals surface area contributed by atoms with Crippen molar-refractivity contribution in [3.8, 4) is 5.75 Å². The lowest BCUT2D eigenvalue weighted by Crippen LogP contribution is -2.01. The Kier molecular flexibility index (Phi) is 3.20. The van der Waals surface area contributed by atoms with Crippen molar-refractivity contribution in [1.29, 1.82) is 0 Å². The van der Waals surface area contributed by atoms with Crippen molar-refractivity contribution in [3.05, 3.63) is 60.2 Å². The molecule has 0 fully saturated rings. The van der Waals surface area contributed by atoms with E-state index in [0.29, 0.717) is 6.61 Å². The Balaban J connectivity index is 1.96. The maximum atomic E-state index is 5.66. The van der Waals surface area contributed by atoms with E-state index in [1.165, 1.54) is 10.8 Å². The van der Waals surface area contributed by atoms with Gasteiger partial charge in [-0.15, -0.1) is 0 Å². The smallest absolute Gasteiger partial charge is 0.119 e. The molecule has 0 spiro atoms. The first-order chi connectivity index (χ1) is 7.34. The molecule has 0 radical (unpaired) electrons. The topological polar surface area (TPSA) is 9.23 Å². The SMILES string of the molecule is [SiH3]c1ccc(OCc2ccccc2)cc1. The van der Waals surface area contributed by atoms with Gasteiger partial charge in [-0.2, -0.15) is 0 Å². The quantitative estimate of drug-likeness (QED) is 0.699. The average molecular weight is 214 g/mol. The average Bonchev–Trinajstić information content (AvgIpc) is 2.30. The largest absolute Gasteiger partial charge is 0.489 e. The van der Waals surface area contributed by atoms with Gasteiger partial charge < -0.3 is 4.74 Å². The Bertz CT molecular complexity index is 408. The van der Waals surface area contributed by atoms with E-state index < -0.39 is 0 Å². The summed E-state index contributed by atoms with van der Waals surface area (Å²) in [5, 5.41) is 1.39. The molecule has 76 valence electrons. The van der Waals surface area contributed by atoms with Gasteiger partial charge in [0.2, 0.25) is 0 Å². The summed E-state index contributed by atoms with van der Waals surface area (Å²) in [5.41, 5.74) is 1.20. The minimum atomic E-state index is 0.640. The zero-order valence-corrected chi connectivity index (χ0v) is 10.8. The molecule has 2 heteroatoms. The van der Waals surface area contributed by atoms with Crippen molar-refractivity contribution in [2.75, 3.05) is 0 Å². The van der Waals surface area contributed by atoms with Crippen LogP contribution in [0.1, 0.15) is 5.56 Å². The van der Waals surface area contributed by atoms with Gasteiger partial charge in [-0.25, -0.2) is 0 Å². The van der Waals surface area contributed by atoms with Crippen LogP contribution in [0.5, 0.6) is 5.75 Å². The molecule has 0 aliphatic carbocycles. The van der Waals surface area contributed by atoms with Crippen LogP contribution in [0.3, 0.4) is 0 Å². The van der Waals surface area contributed by atoms with Gasteiger partial charge in [0.1, 0.15) is 12.4 Å². The van der Waals surface area contributed by atoms with E-state index in [9.17, 15) is 0 Å². The summed E-state index contributed by atoms with van der Waals surface area (Å²) in [6, 6.07) is 18.5. The molecule has 2 rings (SSSR count). The van der Waals surface area contributed by atoms with Crippen molar-refractivity contribution in [2.45, 2.75) is 6.61 Å². The summed E-state index contributed by atoms with van der Waals surface area (Å²) in [5.74, 6) is 0.943. The highest BCUT2D eigenvalue weighted by atomic mass is 28.1. The van der Waals surface area contributed by atoms with Gasteiger partial charge in [-0.3, -0.25) is 0 Å². The molecule has 0 N–H and O–H groups in total. The first-order valence-corrected chi connectivity index (χ1v) is 6.08. The van der Waals surface area contributed by atoms with Gasteiger partial charge in [0.15, 0.2) is 0 Å². The maximum absolute atomic E-state index is 5.66. The van der Waals surface area contributed by atoms with Gasteiger partial charge in [0.05, 0.1) is 0 Å². The molecular weight excluding hydrogens is 200 g/mol. The summed E-state index contributed by atoms with van der Waals surface area (Å²) in [6.07, 6.45) is 0. The highest BCUT2D eigenvalue weighted by Gasteiger charge is 1.94. The summed E-state index contributed by atoms with van der Waals surface area (Å²) < 4.78 is 5.66. The number of ether oxygens (including phenoxy) is 1. The molecule has 0 bridgehead atoms. The maximum Gasteiger partial charge on any atom is 0.119 e. The van der Waals surface area contributed by atoms with Crippen molar-refractivity contribution >= 4 is 15.4 Å². The number of benzene rings is 2. The molecule has 0 aliphatic heterocycles. The van der Waals surface area contributed by atoms with Crippen LogP contribution in [-0.4, -0.2) is 10.2 Å². The van der Waals surface area contributed by atoms with Crippen LogP contribution < -0.4 is 9.92 Å². The fourth-order valence-electron chi connectivity index (χ4n) is 1.38. The van der Waals surface area contributed by atoms with Crippen LogP contribution in [0.25, 0.3) is 0 Å². The van der Waals surface area contributed by atoms with Crippen molar-refractivity contribution < 1.29 is 4.74 Å². The van der Waals surface area contributed by atoms with E-state index in [0.717, 1.165) is 16.0 Å². The van der Waals surface area contributed by atoms with Crippen LogP contribution >= 0.6 is 0 Å². The first-order valence-electron chi connectivity index (χ1n) is 5.08. The number of rotatable bonds is 3. The third-order valence-electron chi connectivity index (χ3n) is 2.27. The van der Waals surface area contributed by atoms with Crippen molar-refractivity contribution in [3.63, 3.8) is 0 Å². The molecule has 0 amide bonds. The number of hydrogen-bond acceptors (Lipinski definition) is 1. The van der Waals surface area contributed by atoms with E-state index in [2.05, 4.69) is 24.3 Å². The monoisotopic (exact) mass is 214 g/mol. The first kappa shape index (κ1) is 9.99. The Labute approximate surface area is 93.1 Å². The minimum Gasteiger partial charge on any atom is -0.489 e. The third kappa shape index (κ3) is 2.96. The zero-order valence-electron chi connectivity index (χ0n) is 8.81. The summed E-state index contributed by atoms with van der Waals surface area (Å²) >= 11 is 0. The van der Waals surface area contributed by atoms with Gasteiger partial charge in [-0.05, 0) is 17.7 Å². The predicted octanol–water partition coefficient (Wildman–Crippen LogP) is 1.26. The van der Waals surface area contributed by atoms with Gasteiger partial charge in [-0.1, -0.05) is 47.7 Å². The van der Waals surface area contributed by atoms with E-state index in [-0.39, 0.29) is 0 Å². The van der Waals surface area contributed by atoms with E-state index in [1.807, 2.05) is 30.3 Å². The molecule has 0 unspecified atom stereocenters. The summed E-state index contributed by atoms with van der Waals surface area (Å²) in [4.78, 5) is 0. The number of hydrogen-bond donors (Lipinski definition) is 0. The van der Waals surface area contributed by atoms with Gasteiger partial charge >= 0.3 is 0 Å². The fourth-order valence-corrected chi connectivity index (χ4v) is 1.71. The molecule has 0 aliphatic rings. The summed E-state index contributed by atoms with van der Waals surface area (Å²) in [6.45, 7) is 0.640. The van der Waals surface area contributed by atoms with E-state index in [1.54, 1.807) is 0 Å². The van der Waals surface area contributed by atoms with Crippen molar-refractivity contribution in [1.82, 2.24) is 0 Å². The molecule has 1 nitrogen and oxygen atoms in total. The van der Waals surface area contributed by atoms with Gasteiger partial charge in [0.25, 0.3) is 0 Å². The Morgan fingerprint density at radius 2 is 1.53 bits per heavy atom. The molecule has 0 atom stereocenters. The Morgan fingerprint density at radius 3 is 2.20 bits per heavy atom. The predicted molar refractivity (Wildman–Crippen MR) is 66.8 cm³/mol. The lowest BCUT2D eigenvalue weighted by Gasteiger charge is -2.06.